The molecule has 10 heteroatoms. The first kappa shape index (κ1) is 26.0. The maximum absolute atomic E-state index is 12.6. The minimum absolute atomic E-state index is 0.0415. The molecular weight excluding hydrogens is 491 g/mol. The lowest BCUT2D eigenvalue weighted by atomic mass is 9.60. The number of nitrogens with zero attached hydrogens (tertiary/aromatic N) is 4. The maximum Gasteiger partial charge on any atom is 0.253 e. The van der Waals surface area contributed by atoms with Crippen molar-refractivity contribution in [3.8, 4) is 22.3 Å². The van der Waals surface area contributed by atoms with Gasteiger partial charge in [0.2, 0.25) is 0 Å². The number of nitrogens with one attached hydrogen (secondary N) is 1. The highest BCUT2D eigenvalue weighted by molar-refractivity contribution is 7.40. The Morgan fingerprint density at radius 1 is 1.26 bits per heavy atom. The van der Waals surface area contributed by atoms with Crippen LogP contribution in [0.2, 0.25) is 5.31 Å². The summed E-state index contributed by atoms with van der Waals surface area (Å²) in [6, 6.07) is 8.66. The number of aryl methyl sites for hydroxylation is 2. The van der Waals surface area contributed by atoms with Crippen molar-refractivity contribution in [1.29, 1.82) is 5.26 Å². The van der Waals surface area contributed by atoms with Crippen LogP contribution in [0.5, 0.6) is 0 Å². The fraction of sp³-hybridized carbons (Fsp3) is 0.440. The second kappa shape index (κ2) is 9.43. The van der Waals surface area contributed by atoms with Crippen molar-refractivity contribution < 1.29 is 4.79 Å². The molecule has 2 aromatic heterocycles. The number of thiophene rings is 1. The van der Waals surface area contributed by atoms with Crippen molar-refractivity contribution in [3.05, 3.63) is 51.5 Å². The quantitative estimate of drug-likeness (QED) is 0.358. The van der Waals surface area contributed by atoms with Crippen molar-refractivity contribution in [1.82, 2.24) is 20.3 Å². The fourth-order valence-corrected chi connectivity index (χ4v) is 7.34. The molecule has 1 aromatic carbocycles. The number of hydrogen-bond acceptors (Lipinski definition) is 5. The van der Waals surface area contributed by atoms with E-state index in [-0.39, 0.29) is 22.2 Å². The lowest BCUT2D eigenvalue weighted by Gasteiger charge is -2.41. The highest BCUT2D eigenvalue weighted by Crippen LogP contribution is 2.53. The first-order valence-electron chi connectivity index (χ1n) is 11.8. The molecule has 0 bridgehead atoms. The van der Waals surface area contributed by atoms with E-state index in [1.807, 2.05) is 6.20 Å². The fourth-order valence-electron chi connectivity index (χ4n) is 5.06. The van der Waals surface area contributed by atoms with Crippen LogP contribution in [0.1, 0.15) is 71.5 Å². The highest BCUT2D eigenvalue weighted by Gasteiger charge is 2.37. The number of rotatable bonds is 7. The summed E-state index contributed by atoms with van der Waals surface area (Å²) in [4.78, 5) is 13.7. The molecule has 0 spiro atoms. The first-order chi connectivity index (χ1) is 16.3. The van der Waals surface area contributed by atoms with E-state index in [1.165, 1.54) is 16.9 Å². The van der Waals surface area contributed by atoms with E-state index >= 15 is 0 Å². The van der Waals surface area contributed by atoms with Crippen LogP contribution in [0, 0.1) is 25.2 Å². The van der Waals surface area contributed by atoms with Gasteiger partial charge >= 0.3 is 0 Å². The zero-order valence-corrected chi connectivity index (χ0v) is 24.3. The number of hydrogen-bond donors (Lipinski definition) is 1. The summed E-state index contributed by atoms with van der Waals surface area (Å²) >= 11 is 1.27. The van der Waals surface area contributed by atoms with Crippen LogP contribution < -0.4 is 5.32 Å². The minimum atomic E-state index is -0.190. The number of benzene rings is 1. The van der Waals surface area contributed by atoms with Crippen LogP contribution in [0.25, 0.3) is 16.3 Å². The number of amides is 1. The summed E-state index contributed by atoms with van der Waals surface area (Å²) in [5.74, 6) is 0.128. The summed E-state index contributed by atoms with van der Waals surface area (Å²) in [7, 11) is 8.25. The molecule has 2 heterocycles. The number of carbonyl (C=O) groups excluding carboxylic acids is 1. The molecule has 1 N–H and O–H groups in total. The van der Waals surface area contributed by atoms with Crippen LogP contribution in [0.3, 0.4) is 0 Å². The molecule has 1 aliphatic carbocycles. The first-order valence-corrected chi connectivity index (χ1v) is 13.7. The Morgan fingerprint density at radius 2 is 1.89 bits per heavy atom. The molecule has 0 aliphatic heterocycles. The monoisotopic (exact) mass is 523 g/mol. The standard InChI is InChI=1S/C25H32BN5OP2S/c1-13-8-15(22(24(3,4)26)25(5,33)34)9-14(2)21(13)31-12-18(29-30-31)19-10-17(20(11-27)35-19)23(32)28-16-6-7-16/h8-10,12,16,22H,6-7,26,33-34H2,1-5H3,(H,28,32). The predicted molar refractivity (Wildman–Crippen MR) is 153 cm³/mol. The number of aromatic nitrogens is 3. The lowest BCUT2D eigenvalue weighted by Crippen LogP contribution is -2.29. The van der Waals surface area contributed by atoms with Crippen molar-refractivity contribution in [2.24, 2.45) is 0 Å². The van der Waals surface area contributed by atoms with Gasteiger partial charge in [0.1, 0.15) is 24.5 Å². The molecule has 3 aromatic rings. The Bertz CT molecular complexity index is 1290. The Kier molecular flexibility index (Phi) is 7.01. The van der Waals surface area contributed by atoms with Gasteiger partial charge in [0.05, 0.1) is 22.3 Å². The smallest absolute Gasteiger partial charge is 0.253 e. The van der Waals surface area contributed by atoms with Gasteiger partial charge in [-0.15, -0.1) is 34.9 Å². The molecule has 1 saturated carbocycles. The topological polar surface area (TPSA) is 83.6 Å². The molecule has 1 fully saturated rings. The van der Waals surface area contributed by atoms with E-state index in [2.05, 4.69) is 94.8 Å². The Labute approximate surface area is 217 Å². The van der Waals surface area contributed by atoms with Gasteiger partial charge in [-0.1, -0.05) is 43.4 Å². The van der Waals surface area contributed by atoms with Crippen LogP contribution >= 0.6 is 29.8 Å². The summed E-state index contributed by atoms with van der Waals surface area (Å²) in [6.45, 7) is 11.0. The Hall–Kier alpha value is -2.06. The SMILES string of the molecule is BC(C)(C)C(c1cc(C)c(-n2cc(-c3cc(C(=O)NC4CC4)c(C#N)s3)nn2)c(C)c1)C(C)(P)P. The van der Waals surface area contributed by atoms with Gasteiger partial charge in [0.15, 0.2) is 0 Å². The van der Waals surface area contributed by atoms with Gasteiger partial charge in [-0.3, -0.25) is 4.79 Å². The molecule has 1 aliphatic rings. The molecule has 3 atom stereocenters. The second-order valence-corrected chi connectivity index (χ2v) is 15.1. The van der Waals surface area contributed by atoms with Crippen LogP contribution in [0.15, 0.2) is 24.4 Å². The van der Waals surface area contributed by atoms with E-state index in [9.17, 15) is 10.1 Å². The second-order valence-electron chi connectivity index (χ2n) is 10.9. The van der Waals surface area contributed by atoms with E-state index in [0.717, 1.165) is 34.5 Å². The third kappa shape index (κ3) is 5.53. The summed E-state index contributed by atoms with van der Waals surface area (Å²) in [5, 5.41) is 21.4. The van der Waals surface area contributed by atoms with E-state index < -0.39 is 0 Å². The number of nitriles is 1. The molecule has 0 radical (unpaired) electrons. The zero-order valence-electron chi connectivity index (χ0n) is 21.1. The molecule has 35 heavy (non-hydrogen) atoms. The van der Waals surface area contributed by atoms with Crippen molar-refractivity contribution in [2.75, 3.05) is 0 Å². The summed E-state index contributed by atoms with van der Waals surface area (Å²) in [6.07, 6.45) is 3.88. The molecule has 4 rings (SSSR count). The third-order valence-electron chi connectivity index (χ3n) is 6.30. The Balaban J connectivity index is 1.68. The predicted octanol–water partition coefficient (Wildman–Crippen LogP) is 4.76. The van der Waals surface area contributed by atoms with E-state index in [4.69, 9.17) is 0 Å². The molecule has 1 amide bonds. The highest BCUT2D eigenvalue weighted by atomic mass is 32.1. The summed E-state index contributed by atoms with van der Waals surface area (Å²) < 4.78 is 1.80. The number of carbonyl (C=O) groups is 1. The molecule has 3 unspecified atom stereocenters. The van der Waals surface area contributed by atoms with Gasteiger partial charge in [-0.25, -0.2) is 4.68 Å². The lowest BCUT2D eigenvalue weighted by molar-refractivity contribution is 0.0951. The molecule has 182 valence electrons. The van der Waals surface area contributed by atoms with Gasteiger partial charge in [-0.2, -0.15) is 5.26 Å². The summed E-state index contributed by atoms with van der Waals surface area (Å²) in [5.41, 5.74) is 5.61. The molecule has 6 nitrogen and oxygen atoms in total. The largest absolute Gasteiger partial charge is 0.349 e. The van der Waals surface area contributed by atoms with Crippen LogP contribution in [-0.4, -0.2) is 39.7 Å². The van der Waals surface area contributed by atoms with Crippen molar-refractivity contribution >= 4 is 43.6 Å². The van der Waals surface area contributed by atoms with E-state index in [0.29, 0.717) is 22.1 Å². The molecule has 0 saturated heterocycles. The minimum Gasteiger partial charge on any atom is -0.349 e. The Morgan fingerprint density at radius 3 is 2.40 bits per heavy atom. The van der Waals surface area contributed by atoms with Gasteiger partial charge in [0.25, 0.3) is 5.91 Å². The molecular formula is C25H32BN5OP2S. The van der Waals surface area contributed by atoms with E-state index in [1.54, 1.807) is 10.7 Å². The van der Waals surface area contributed by atoms with Gasteiger partial charge < -0.3 is 5.32 Å². The van der Waals surface area contributed by atoms with Crippen molar-refractivity contribution in [3.63, 3.8) is 0 Å². The van der Waals surface area contributed by atoms with Gasteiger partial charge in [0, 0.05) is 10.9 Å². The van der Waals surface area contributed by atoms with Crippen LogP contribution in [-0.2, 0) is 0 Å². The van der Waals surface area contributed by atoms with Gasteiger partial charge in [-0.05, 0) is 55.4 Å². The normalized spacial score (nSPS) is 15.0. The average molecular weight is 523 g/mol. The third-order valence-corrected chi connectivity index (χ3v) is 8.03. The van der Waals surface area contributed by atoms with Crippen molar-refractivity contribution in [2.45, 2.75) is 69.6 Å². The average Bonchev–Trinajstić information content (AvgIpc) is 3.22. The zero-order chi connectivity index (χ0) is 25.7. The maximum atomic E-state index is 12.6. The van der Waals surface area contributed by atoms with Crippen LogP contribution in [0.4, 0.5) is 0 Å².